The van der Waals surface area contributed by atoms with Crippen LogP contribution in [0, 0.1) is 5.41 Å². The van der Waals surface area contributed by atoms with Crippen LogP contribution in [-0.2, 0) is 14.6 Å². The molecule has 1 atom stereocenters. The van der Waals surface area contributed by atoms with E-state index in [1.165, 1.54) is 12.1 Å². The largest absolute Gasteiger partial charge is 0.325 e. The molecular formula is C13H15Cl2NO3S. The fraction of sp³-hybridized carbons (Fsp3) is 0.462. The van der Waals surface area contributed by atoms with E-state index in [0.29, 0.717) is 12.1 Å². The highest BCUT2D eigenvalue weighted by Gasteiger charge is 2.67. The van der Waals surface area contributed by atoms with Gasteiger partial charge in [-0.1, -0.05) is 13.0 Å². The van der Waals surface area contributed by atoms with Gasteiger partial charge in [-0.2, -0.15) is 0 Å². The van der Waals surface area contributed by atoms with E-state index in [-0.39, 0.29) is 16.6 Å². The zero-order valence-electron chi connectivity index (χ0n) is 11.1. The van der Waals surface area contributed by atoms with Crippen molar-refractivity contribution in [3.63, 3.8) is 0 Å². The molecule has 0 aromatic heterocycles. The first-order valence-corrected chi connectivity index (χ1v) is 8.55. The highest BCUT2D eigenvalue weighted by atomic mass is 35.5. The van der Waals surface area contributed by atoms with Crippen molar-refractivity contribution in [3.8, 4) is 0 Å². The van der Waals surface area contributed by atoms with Crippen molar-refractivity contribution in [2.45, 2.75) is 29.5 Å². The van der Waals surface area contributed by atoms with Crippen LogP contribution in [0.3, 0.4) is 0 Å². The second-order valence-electron chi connectivity index (χ2n) is 5.10. The number of anilines is 1. The maximum atomic E-state index is 12.1. The number of amides is 1. The first-order chi connectivity index (χ1) is 9.12. The number of carbonyl (C=O) groups excluding carboxylic acids is 1. The molecule has 0 unspecified atom stereocenters. The molecule has 1 saturated carbocycles. The fourth-order valence-corrected chi connectivity index (χ4v) is 3.48. The van der Waals surface area contributed by atoms with Crippen molar-refractivity contribution in [1.82, 2.24) is 0 Å². The lowest BCUT2D eigenvalue weighted by molar-refractivity contribution is -0.120. The number of rotatable bonds is 4. The number of alkyl halides is 2. The van der Waals surface area contributed by atoms with Gasteiger partial charge in [0, 0.05) is 5.69 Å². The molecule has 0 aliphatic heterocycles. The number of halogens is 2. The molecule has 1 fully saturated rings. The first-order valence-electron chi connectivity index (χ1n) is 6.14. The van der Waals surface area contributed by atoms with Crippen LogP contribution < -0.4 is 5.32 Å². The van der Waals surface area contributed by atoms with Crippen LogP contribution >= 0.6 is 23.2 Å². The van der Waals surface area contributed by atoms with Crippen LogP contribution in [0.4, 0.5) is 5.69 Å². The monoisotopic (exact) mass is 335 g/mol. The Bertz CT molecular complexity index is 657. The Hall–Kier alpha value is -0.780. The third kappa shape index (κ3) is 2.67. The predicted octanol–water partition coefficient (Wildman–Crippen LogP) is 3.00. The van der Waals surface area contributed by atoms with Crippen LogP contribution in [0.5, 0.6) is 0 Å². The van der Waals surface area contributed by atoms with E-state index in [9.17, 15) is 13.2 Å². The second kappa shape index (κ2) is 4.90. The van der Waals surface area contributed by atoms with E-state index in [2.05, 4.69) is 5.32 Å². The zero-order chi connectivity index (χ0) is 15.2. The maximum Gasteiger partial charge on any atom is 0.233 e. The molecule has 0 spiro atoms. The fourth-order valence-electron chi connectivity index (χ4n) is 1.85. The Balaban J connectivity index is 2.20. The molecule has 1 aliphatic rings. The number of hydrogen-bond donors (Lipinski definition) is 1. The summed E-state index contributed by atoms with van der Waals surface area (Å²) in [4.78, 5) is 12.3. The summed E-state index contributed by atoms with van der Waals surface area (Å²) in [6.07, 6.45) is 0.377. The van der Waals surface area contributed by atoms with E-state index in [1.54, 1.807) is 26.0 Å². The maximum absolute atomic E-state index is 12.1. The normalized spacial score (nSPS) is 24.2. The molecule has 7 heteroatoms. The minimum absolute atomic E-state index is 0.00852. The molecule has 0 heterocycles. The second-order valence-corrected chi connectivity index (χ2v) is 8.86. The van der Waals surface area contributed by atoms with Crippen LogP contribution in [-0.4, -0.2) is 24.4 Å². The molecule has 110 valence electrons. The average molecular weight is 336 g/mol. The Labute approximate surface area is 128 Å². The lowest BCUT2D eigenvalue weighted by Gasteiger charge is -2.13. The van der Waals surface area contributed by atoms with Gasteiger partial charge in [0.2, 0.25) is 5.91 Å². The van der Waals surface area contributed by atoms with Crippen molar-refractivity contribution < 1.29 is 13.2 Å². The Morgan fingerprint density at radius 1 is 1.40 bits per heavy atom. The highest BCUT2D eigenvalue weighted by Crippen LogP contribution is 2.64. The van der Waals surface area contributed by atoms with Gasteiger partial charge in [-0.05, 0) is 31.5 Å². The molecule has 1 amide bonds. The van der Waals surface area contributed by atoms with Crippen molar-refractivity contribution in [3.05, 3.63) is 24.3 Å². The van der Waals surface area contributed by atoms with Gasteiger partial charge in [-0.3, -0.25) is 4.79 Å². The molecule has 0 radical (unpaired) electrons. The van der Waals surface area contributed by atoms with Gasteiger partial charge in [0.25, 0.3) is 0 Å². The van der Waals surface area contributed by atoms with Crippen LogP contribution in [0.25, 0.3) is 0 Å². The molecule has 0 saturated heterocycles. The Kier molecular flexibility index (Phi) is 3.82. The third-order valence-electron chi connectivity index (χ3n) is 3.59. The van der Waals surface area contributed by atoms with Gasteiger partial charge in [0.05, 0.1) is 16.1 Å². The number of benzene rings is 1. The van der Waals surface area contributed by atoms with Gasteiger partial charge in [0.1, 0.15) is 4.33 Å². The topological polar surface area (TPSA) is 63.2 Å². The molecule has 4 nitrogen and oxygen atoms in total. The molecule has 1 aromatic rings. The minimum Gasteiger partial charge on any atom is -0.325 e. The molecule has 1 N–H and O–H groups in total. The van der Waals surface area contributed by atoms with E-state index in [1.807, 2.05) is 0 Å². The van der Waals surface area contributed by atoms with Gasteiger partial charge >= 0.3 is 0 Å². The molecule has 0 bridgehead atoms. The number of nitrogens with one attached hydrogen (secondary N) is 1. The number of sulfone groups is 1. The lowest BCUT2D eigenvalue weighted by Crippen LogP contribution is -2.26. The summed E-state index contributed by atoms with van der Waals surface area (Å²) < 4.78 is 22.5. The smallest absolute Gasteiger partial charge is 0.233 e. The summed E-state index contributed by atoms with van der Waals surface area (Å²) >= 11 is 11.9. The highest BCUT2D eigenvalue weighted by molar-refractivity contribution is 7.91. The van der Waals surface area contributed by atoms with E-state index in [0.717, 1.165) is 0 Å². The average Bonchev–Trinajstić information content (AvgIpc) is 2.90. The standard InChI is InChI=1S/C13H15Cl2NO3S/c1-3-20(18,19)10-6-4-5-9(7-10)16-11(17)12(2)8-13(12,14)15/h4-7H,3,8H2,1-2H3,(H,16,17)/t12-/m0/s1. The van der Waals surface area contributed by atoms with Gasteiger partial charge in [-0.25, -0.2) is 8.42 Å². The van der Waals surface area contributed by atoms with E-state index in [4.69, 9.17) is 23.2 Å². The third-order valence-corrected chi connectivity index (χ3v) is 6.42. The van der Waals surface area contributed by atoms with Crippen molar-refractivity contribution in [1.29, 1.82) is 0 Å². The van der Waals surface area contributed by atoms with Crippen molar-refractivity contribution >= 4 is 44.6 Å². The van der Waals surface area contributed by atoms with Gasteiger partial charge in [0.15, 0.2) is 9.84 Å². The van der Waals surface area contributed by atoms with Gasteiger partial charge < -0.3 is 5.32 Å². The van der Waals surface area contributed by atoms with Crippen molar-refractivity contribution in [2.75, 3.05) is 11.1 Å². The predicted molar refractivity (Wildman–Crippen MR) is 80.0 cm³/mol. The zero-order valence-corrected chi connectivity index (χ0v) is 13.4. The van der Waals surface area contributed by atoms with Crippen LogP contribution in [0.2, 0.25) is 0 Å². The van der Waals surface area contributed by atoms with Crippen LogP contribution in [0.15, 0.2) is 29.2 Å². The number of hydrogen-bond acceptors (Lipinski definition) is 3. The van der Waals surface area contributed by atoms with E-state index < -0.39 is 19.6 Å². The molecular weight excluding hydrogens is 321 g/mol. The summed E-state index contributed by atoms with van der Waals surface area (Å²) in [5.74, 6) is -0.303. The number of carbonyl (C=O) groups is 1. The summed E-state index contributed by atoms with van der Waals surface area (Å²) in [6, 6.07) is 6.15. The van der Waals surface area contributed by atoms with E-state index >= 15 is 0 Å². The molecule has 2 rings (SSSR count). The minimum atomic E-state index is -3.30. The molecule has 20 heavy (non-hydrogen) atoms. The van der Waals surface area contributed by atoms with Crippen LogP contribution in [0.1, 0.15) is 20.3 Å². The van der Waals surface area contributed by atoms with Crippen molar-refractivity contribution in [2.24, 2.45) is 5.41 Å². The lowest BCUT2D eigenvalue weighted by atomic mass is 10.1. The summed E-state index contributed by atoms with van der Waals surface area (Å²) in [5.41, 5.74) is -0.419. The Morgan fingerprint density at radius 3 is 2.50 bits per heavy atom. The quantitative estimate of drug-likeness (QED) is 0.860. The molecule has 1 aromatic carbocycles. The summed E-state index contributed by atoms with van der Waals surface area (Å²) in [5, 5.41) is 2.66. The summed E-state index contributed by atoms with van der Waals surface area (Å²) in [6.45, 7) is 3.25. The summed E-state index contributed by atoms with van der Waals surface area (Å²) in [7, 11) is -3.30. The molecule has 1 aliphatic carbocycles. The first kappa shape index (κ1) is 15.6. The Morgan fingerprint density at radius 2 is 2.00 bits per heavy atom. The van der Waals surface area contributed by atoms with Gasteiger partial charge in [-0.15, -0.1) is 23.2 Å². The SMILES string of the molecule is CCS(=O)(=O)c1cccc(NC(=O)[C@]2(C)CC2(Cl)Cl)c1.